The van der Waals surface area contributed by atoms with E-state index in [-0.39, 0.29) is 34.1 Å². The third kappa shape index (κ3) is 9.64. The van der Waals surface area contributed by atoms with E-state index in [1.54, 1.807) is 11.0 Å². The minimum atomic E-state index is -1.77. The molecule has 1 aromatic carbocycles. The zero-order chi connectivity index (χ0) is 32.2. The number of hydrogen-bond donors (Lipinski definition) is 1. The van der Waals surface area contributed by atoms with E-state index in [4.69, 9.17) is 9.16 Å². The van der Waals surface area contributed by atoms with Gasteiger partial charge in [0.25, 0.3) is 5.69 Å². The monoisotopic (exact) mass is 621 g/mol. The summed E-state index contributed by atoms with van der Waals surface area (Å²) in [5.74, 6) is -0.174. The standard InChI is InChI=1S/C33H56FN3O5Si/c1-24(11-10-20-41-43(8,9)32(5,6)7)23-35-28-21-26(27(34)22-29(28)37(39)40)25-12-14-33(15-13-25)16-18-36(19-17-33)30(38)42-31(2,3)4/h21-22,24-25,35H,10-20,23H2,1-9H3/t24-/m1/s1. The van der Waals surface area contributed by atoms with Crippen LogP contribution in [0, 0.1) is 27.3 Å². The molecule has 8 nitrogen and oxygen atoms in total. The molecule has 2 fully saturated rings. The number of anilines is 1. The number of halogens is 1. The van der Waals surface area contributed by atoms with Gasteiger partial charge in [0.15, 0.2) is 8.32 Å². The van der Waals surface area contributed by atoms with Crippen molar-refractivity contribution in [3.8, 4) is 0 Å². The van der Waals surface area contributed by atoms with Crippen LogP contribution in [0.1, 0.15) is 111 Å². The second-order valence-electron chi connectivity index (χ2n) is 15.6. The van der Waals surface area contributed by atoms with E-state index in [1.165, 1.54) is 0 Å². The lowest BCUT2D eigenvalue weighted by molar-refractivity contribution is -0.384. The van der Waals surface area contributed by atoms with Crippen molar-refractivity contribution in [2.45, 2.75) is 129 Å². The predicted molar refractivity (Wildman–Crippen MR) is 174 cm³/mol. The first-order valence-electron chi connectivity index (χ1n) is 16.2. The lowest BCUT2D eigenvalue weighted by Gasteiger charge is -2.46. The van der Waals surface area contributed by atoms with Gasteiger partial charge < -0.3 is 19.4 Å². The van der Waals surface area contributed by atoms with Gasteiger partial charge in [-0.2, -0.15) is 0 Å². The van der Waals surface area contributed by atoms with E-state index in [9.17, 15) is 14.9 Å². The molecule has 1 N–H and O–H groups in total. The average molecular weight is 622 g/mol. The molecule has 1 saturated heterocycles. The lowest BCUT2D eigenvalue weighted by atomic mass is 9.64. The van der Waals surface area contributed by atoms with Gasteiger partial charge in [-0.3, -0.25) is 10.1 Å². The second-order valence-corrected chi connectivity index (χ2v) is 20.4. The molecule has 2 aliphatic rings. The van der Waals surface area contributed by atoms with Crippen molar-refractivity contribution in [1.29, 1.82) is 0 Å². The highest BCUT2D eigenvalue weighted by atomic mass is 28.4. The number of hydrogen-bond acceptors (Lipinski definition) is 6. The molecule has 1 atom stereocenters. The van der Waals surface area contributed by atoms with E-state index in [1.807, 2.05) is 20.8 Å². The van der Waals surface area contributed by atoms with Crippen LogP contribution in [0.3, 0.4) is 0 Å². The predicted octanol–water partition coefficient (Wildman–Crippen LogP) is 9.26. The molecule has 1 aliphatic heterocycles. The molecule has 1 saturated carbocycles. The zero-order valence-electron chi connectivity index (χ0n) is 28.1. The summed E-state index contributed by atoms with van der Waals surface area (Å²) in [5.41, 5.74) is 0.416. The van der Waals surface area contributed by atoms with Crippen LogP contribution in [-0.4, -0.2) is 56.1 Å². The normalized spacial score (nSPS) is 18.9. The first-order valence-corrected chi connectivity index (χ1v) is 19.1. The molecule has 0 bridgehead atoms. The number of amides is 1. The molecule has 10 heteroatoms. The summed E-state index contributed by atoms with van der Waals surface area (Å²) in [4.78, 5) is 25.6. The van der Waals surface area contributed by atoms with Crippen molar-refractivity contribution in [3.05, 3.63) is 33.6 Å². The number of piperidine rings is 1. The number of nitrogens with one attached hydrogen (secondary N) is 1. The number of nitro groups is 1. The van der Waals surface area contributed by atoms with Crippen LogP contribution in [0.2, 0.25) is 18.1 Å². The van der Waals surface area contributed by atoms with E-state index in [2.05, 4.69) is 46.1 Å². The average Bonchev–Trinajstić information content (AvgIpc) is 2.89. The Kier molecular flexibility index (Phi) is 11.4. The zero-order valence-corrected chi connectivity index (χ0v) is 29.1. The highest BCUT2D eigenvalue weighted by Gasteiger charge is 2.41. The summed E-state index contributed by atoms with van der Waals surface area (Å²) in [5, 5.41) is 15.3. The van der Waals surface area contributed by atoms with Crippen LogP contribution in [-0.2, 0) is 9.16 Å². The molecule has 1 heterocycles. The highest BCUT2D eigenvalue weighted by Crippen LogP contribution is 2.50. The number of carbonyl (C=O) groups excluding carboxylic acids is 1. The maximum Gasteiger partial charge on any atom is 0.410 e. The molecular formula is C33H56FN3O5Si. The summed E-state index contributed by atoms with van der Waals surface area (Å²) in [6.45, 7) is 21.6. The third-order valence-electron chi connectivity index (χ3n) is 10.0. The minimum absolute atomic E-state index is 0.0285. The van der Waals surface area contributed by atoms with Gasteiger partial charge in [0.1, 0.15) is 17.1 Å². The van der Waals surface area contributed by atoms with Gasteiger partial charge in [0, 0.05) is 26.2 Å². The maximum absolute atomic E-state index is 15.3. The highest BCUT2D eigenvalue weighted by molar-refractivity contribution is 6.74. The fourth-order valence-electron chi connectivity index (χ4n) is 6.08. The van der Waals surface area contributed by atoms with Gasteiger partial charge >= 0.3 is 6.09 Å². The van der Waals surface area contributed by atoms with Crippen molar-refractivity contribution in [2.75, 3.05) is 31.6 Å². The van der Waals surface area contributed by atoms with Crippen molar-refractivity contribution in [1.82, 2.24) is 4.90 Å². The summed E-state index contributed by atoms with van der Waals surface area (Å²) in [7, 11) is -1.77. The number of rotatable bonds is 10. The molecule has 1 aliphatic carbocycles. The Morgan fingerprint density at radius 3 is 2.28 bits per heavy atom. The fraction of sp³-hybridized carbons (Fsp3) is 0.788. The maximum atomic E-state index is 15.3. The topological polar surface area (TPSA) is 93.9 Å². The van der Waals surface area contributed by atoms with E-state index < -0.39 is 24.7 Å². The number of likely N-dealkylation sites (tertiary alicyclic amines) is 1. The van der Waals surface area contributed by atoms with E-state index in [0.29, 0.717) is 30.9 Å². The molecule has 43 heavy (non-hydrogen) atoms. The Morgan fingerprint density at radius 2 is 1.74 bits per heavy atom. The summed E-state index contributed by atoms with van der Waals surface area (Å²) < 4.78 is 27.1. The lowest BCUT2D eigenvalue weighted by Crippen LogP contribution is -2.46. The van der Waals surface area contributed by atoms with E-state index in [0.717, 1.165) is 64.0 Å². The summed E-state index contributed by atoms with van der Waals surface area (Å²) in [6.07, 6.45) is 7.08. The number of ether oxygens (including phenoxy) is 1. The number of nitrogens with zero attached hydrogens (tertiary/aromatic N) is 2. The smallest absolute Gasteiger partial charge is 0.410 e. The Balaban J connectivity index is 1.56. The second kappa shape index (κ2) is 13.8. The van der Waals surface area contributed by atoms with Crippen molar-refractivity contribution >= 4 is 25.8 Å². The minimum Gasteiger partial charge on any atom is -0.444 e. The van der Waals surface area contributed by atoms with Crippen LogP contribution in [0.25, 0.3) is 0 Å². The summed E-state index contributed by atoms with van der Waals surface area (Å²) >= 11 is 0. The van der Waals surface area contributed by atoms with Gasteiger partial charge in [0.05, 0.1) is 11.0 Å². The first-order chi connectivity index (χ1) is 19.8. The Labute approximate surface area is 259 Å². The summed E-state index contributed by atoms with van der Waals surface area (Å²) in [6, 6.07) is 2.79. The third-order valence-corrected chi connectivity index (χ3v) is 14.6. The molecule has 1 aromatic rings. The molecule has 1 spiro atoms. The Morgan fingerprint density at radius 1 is 1.14 bits per heavy atom. The van der Waals surface area contributed by atoms with Crippen LogP contribution >= 0.6 is 0 Å². The van der Waals surface area contributed by atoms with Crippen LogP contribution in [0.15, 0.2) is 12.1 Å². The van der Waals surface area contributed by atoms with Gasteiger partial charge in [0.2, 0.25) is 0 Å². The molecule has 1 amide bonds. The molecule has 0 aromatic heterocycles. The Bertz CT molecular complexity index is 1110. The van der Waals surface area contributed by atoms with Gasteiger partial charge in [-0.1, -0.05) is 27.7 Å². The number of carbonyl (C=O) groups is 1. The fourth-order valence-corrected chi connectivity index (χ4v) is 7.17. The van der Waals surface area contributed by atoms with Gasteiger partial charge in [-0.05, 0) is 119 Å². The van der Waals surface area contributed by atoms with Crippen molar-refractivity contribution in [2.24, 2.45) is 11.3 Å². The quantitative estimate of drug-likeness (QED) is 0.121. The molecule has 0 radical (unpaired) electrons. The molecule has 244 valence electrons. The molecular weight excluding hydrogens is 565 g/mol. The van der Waals surface area contributed by atoms with Crippen molar-refractivity contribution < 1.29 is 23.3 Å². The van der Waals surface area contributed by atoms with Crippen LogP contribution in [0.5, 0.6) is 0 Å². The Hall–Kier alpha value is -2.20. The molecule has 0 unspecified atom stereocenters. The molecule has 3 rings (SSSR count). The first kappa shape index (κ1) is 35.3. The number of benzene rings is 1. The van der Waals surface area contributed by atoms with Gasteiger partial charge in [-0.25, -0.2) is 9.18 Å². The van der Waals surface area contributed by atoms with Crippen LogP contribution in [0.4, 0.5) is 20.6 Å². The van der Waals surface area contributed by atoms with E-state index >= 15 is 4.39 Å². The van der Waals surface area contributed by atoms with Gasteiger partial charge in [-0.15, -0.1) is 0 Å². The van der Waals surface area contributed by atoms with Crippen molar-refractivity contribution in [3.63, 3.8) is 0 Å². The SMILES string of the molecule is C[C@H](CCCO[Si](C)(C)C(C)(C)C)CNc1cc(C2CCC3(CC2)CCN(C(=O)OC(C)(C)C)CC3)c(F)cc1[N+](=O)[O-]. The van der Waals surface area contributed by atoms with Crippen LogP contribution < -0.4 is 5.32 Å². The number of nitro benzene ring substituents is 1. The largest absolute Gasteiger partial charge is 0.444 e.